The third-order valence-corrected chi connectivity index (χ3v) is 5.08. The first-order chi connectivity index (χ1) is 8.41. The third kappa shape index (κ3) is 5.23. The van der Waals surface area contributed by atoms with Crippen LogP contribution in [0.3, 0.4) is 0 Å². The van der Waals surface area contributed by atoms with E-state index in [1.165, 1.54) is 3.57 Å². The summed E-state index contributed by atoms with van der Waals surface area (Å²) in [5.41, 5.74) is 2.28. The van der Waals surface area contributed by atoms with Crippen LogP contribution < -0.4 is 0 Å². The van der Waals surface area contributed by atoms with Crippen molar-refractivity contribution in [1.29, 1.82) is 0 Å². The number of rotatable bonds is 0. The standard InChI is InChI=1S/2C7H6ClI/c1-5-4-6(9)2-3-7(5)8;1-5-3-2-4-6(9)7(5)8/h2*2-4H,1H3. The van der Waals surface area contributed by atoms with Crippen molar-refractivity contribution in [3.63, 3.8) is 0 Å². The normalized spacial score (nSPS) is 9.67. The highest BCUT2D eigenvalue weighted by atomic mass is 127. The maximum absolute atomic E-state index is 5.87. The van der Waals surface area contributed by atoms with Gasteiger partial charge in [-0.25, -0.2) is 0 Å². The van der Waals surface area contributed by atoms with Crippen LogP contribution in [0.4, 0.5) is 0 Å². The van der Waals surface area contributed by atoms with E-state index in [0.29, 0.717) is 0 Å². The summed E-state index contributed by atoms with van der Waals surface area (Å²) in [6, 6.07) is 12.0. The Hall–Kier alpha value is 0.480. The van der Waals surface area contributed by atoms with Crippen molar-refractivity contribution in [3.8, 4) is 0 Å². The molecular weight excluding hydrogens is 493 g/mol. The molecule has 0 nitrogen and oxygen atoms in total. The zero-order chi connectivity index (χ0) is 13.7. The van der Waals surface area contributed by atoms with Gasteiger partial charge in [-0.2, -0.15) is 0 Å². The minimum Gasteiger partial charge on any atom is -0.0841 e. The van der Waals surface area contributed by atoms with Crippen LogP contribution in [0.2, 0.25) is 10.0 Å². The lowest BCUT2D eigenvalue weighted by Gasteiger charge is -1.96. The smallest absolute Gasteiger partial charge is 0.0568 e. The third-order valence-electron chi connectivity index (χ3n) is 2.26. The van der Waals surface area contributed by atoms with Crippen LogP contribution in [0.5, 0.6) is 0 Å². The second-order valence-electron chi connectivity index (χ2n) is 3.76. The Bertz CT molecular complexity index is 519. The minimum atomic E-state index is 0.843. The first-order valence-corrected chi connectivity index (χ1v) is 8.15. The molecule has 0 saturated carbocycles. The van der Waals surface area contributed by atoms with Crippen LogP contribution in [-0.4, -0.2) is 0 Å². The molecular formula is C14H12Cl2I2. The molecule has 0 aliphatic carbocycles. The Morgan fingerprint density at radius 3 is 2.00 bits per heavy atom. The van der Waals surface area contributed by atoms with Gasteiger partial charge < -0.3 is 0 Å². The summed E-state index contributed by atoms with van der Waals surface area (Å²) >= 11 is 16.1. The second-order valence-corrected chi connectivity index (χ2v) is 6.96. The van der Waals surface area contributed by atoms with Crippen LogP contribution in [0.1, 0.15) is 11.1 Å². The van der Waals surface area contributed by atoms with Gasteiger partial charge in [0.2, 0.25) is 0 Å². The van der Waals surface area contributed by atoms with Gasteiger partial charge in [-0.15, -0.1) is 0 Å². The van der Waals surface area contributed by atoms with E-state index in [1.807, 2.05) is 44.2 Å². The number of halogens is 4. The van der Waals surface area contributed by atoms with Gasteiger partial charge in [0.1, 0.15) is 0 Å². The lowest BCUT2D eigenvalue weighted by atomic mass is 10.2. The molecule has 2 aromatic carbocycles. The monoisotopic (exact) mass is 504 g/mol. The summed E-state index contributed by atoms with van der Waals surface area (Å²) in [4.78, 5) is 0. The molecule has 2 rings (SSSR count). The SMILES string of the molecule is Cc1cc(I)ccc1Cl.Cc1cccc(I)c1Cl. The van der Waals surface area contributed by atoms with E-state index in [2.05, 4.69) is 51.2 Å². The van der Waals surface area contributed by atoms with Crippen molar-refractivity contribution in [1.82, 2.24) is 0 Å². The van der Waals surface area contributed by atoms with Gasteiger partial charge in [0.05, 0.1) is 5.02 Å². The number of benzene rings is 2. The highest BCUT2D eigenvalue weighted by Gasteiger charge is 1.96. The van der Waals surface area contributed by atoms with Crippen molar-refractivity contribution in [2.24, 2.45) is 0 Å². The average molecular weight is 505 g/mol. The summed E-state index contributed by atoms with van der Waals surface area (Å²) in [5, 5.41) is 1.72. The quantitative estimate of drug-likeness (QED) is 0.359. The molecule has 0 saturated heterocycles. The Morgan fingerprint density at radius 1 is 0.889 bits per heavy atom. The first-order valence-electron chi connectivity index (χ1n) is 5.24. The second kappa shape index (κ2) is 7.92. The molecule has 0 aliphatic heterocycles. The zero-order valence-corrected chi connectivity index (χ0v) is 15.8. The van der Waals surface area contributed by atoms with Crippen LogP contribution in [0.25, 0.3) is 0 Å². The summed E-state index contributed by atoms with van der Waals surface area (Å²) in [5.74, 6) is 0. The van der Waals surface area contributed by atoms with E-state index in [9.17, 15) is 0 Å². The Kier molecular flexibility index (Phi) is 7.28. The topological polar surface area (TPSA) is 0 Å². The highest BCUT2D eigenvalue weighted by Crippen LogP contribution is 2.21. The predicted octanol–water partition coefficient (Wildman–Crippen LogP) is 6.51. The fourth-order valence-electron chi connectivity index (χ4n) is 1.22. The van der Waals surface area contributed by atoms with E-state index in [0.717, 1.165) is 24.7 Å². The summed E-state index contributed by atoms with van der Waals surface area (Å²) in [7, 11) is 0. The van der Waals surface area contributed by atoms with Gasteiger partial charge in [-0.1, -0.05) is 35.3 Å². The van der Waals surface area contributed by atoms with Crippen molar-refractivity contribution < 1.29 is 0 Å². The van der Waals surface area contributed by atoms with E-state index >= 15 is 0 Å². The van der Waals surface area contributed by atoms with E-state index in [4.69, 9.17) is 23.2 Å². The lowest BCUT2D eigenvalue weighted by molar-refractivity contribution is 1.45. The van der Waals surface area contributed by atoms with Crippen molar-refractivity contribution in [2.45, 2.75) is 13.8 Å². The Morgan fingerprint density at radius 2 is 1.56 bits per heavy atom. The van der Waals surface area contributed by atoms with Gasteiger partial charge >= 0.3 is 0 Å². The zero-order valence-electron chi connectivity index (χ0n) is 9.98. The molecule has 0 spiro atoms. The molecule has 0 aromatic heterocycles. The lowest BCUT2D eigenvalue weighted by Crippen LogP contribution is -1.76. The average Bonchev–Trinajstić information content (AvgIpc) is 2.32. The molecule has 18 heavy (non-hydrogen) atoms. The van der Waals surface area contributed by atoms with Crippen molar-refractivity contribution >= 4 is 68.4 Å². The predicted molar refractivity (Wildman–Crippen MR) is 97.8 cm³/mol. The van der Waals surface area contributed by atoms with Crippen LogP contribution in [0.15, 0.2) is 36.4 Å². The van der Waals surface area contributed by atoms with Gasteiger partial charge in [-0.3, -0.25) is 0 Å². The fourth-order valence-corrected chi connectivity index (χ4v) is 2.74. The maximum atomic E-state index is 5.87. The molecule has 4 heteroatoms. The van der Waals surface area contributed by atoms with E-state index < -0.39 is 0 Å². The van der Waals surface area contributed by atoms with Crippen LogP contribution in [-0.2, 0) is 0 Å². The Balaban J connectivity index is 0.000000180. The molecule has 0 heterocycles. The van der Waals surface area contributed by atoms with Crippen LogP contribution in [0, 0.1) is 21.0 Å². The molecule has 0 bridgehead atoms. The molecule has 0 amide bonds. The molecule has 2 aromatic rings. The molecule has 0 atom stereocenters. The van der Waals surface area contributed by atoms with Gasteiger partial charge in [-0.05, 0) is 94.4 Å². The molecule has 0 radical (unpaired) electrons. The summed E-state index contributed by atoms with van der Waals surface area (Å²) in [6.45, 7) is 4.01. The first kappa shape index (κ1) is 16.5. The number of hydrogen-bond acceptors (Lipinski definition) is 0. The van der Waals surface area contributed by atoms with Crippen LogP contribution >= 0.6 is 68.4 Å². The van der Waals surface area contributed by atoms with E-state index in [-0.39, 0.29) is 0 Å². The molecule has 0 unspecified atom stereocenters. The molecule has 0 N–H and O–H groups in total. The molecule has 0 aliphatic rings. The largest absolute Gasteiger partial charge is 0.0841 e. The van der Waals surface area contributed by atoms with Gasteiger partial charge in [0.15, 0.2) is 0 Å². The van der Waals surface area contributed by atoms with Crippen molar-refractivity contribution in [2.75, 3.05) is 0 Å². The Labute approximate surface area is 145 Å². The highest BCUT2D eigenvalue weighted by molar-refractivity contribution is 14.1. The fraction of sp³-hybridized carbons (Fsp3) is 0.143. The van der Waals surface area contributed by atoms with Gasteiger partial charge in [0.25, 0.3) is 0 Å². The van der Waals surface area contributed by atoms with E-state index in [1.54, 1.807) is 0 Å². The van der Waals surface area contributed by atoms with Crippen molar-refractivity contribution in [3.05, 3.63) is 64.7 Å². The number of hydrogen-bond donors (Lipinski definition) is 0. The minimum absolute atomic E-state index is 0.843. The maximum Gasteiger partial charge on any atom is 0.0568 e. The number of aryl methyl sites for hydroxylation is 2. The summed E-state index contributed by atoms with van der Waals surface area (Å²) < 4.78 is 2.35. The summed E-state index contributed by atoms with van der Waals surface area (Å²) in [6.07, 6.45) is 0. The van der Waals surface area contributed by atoms with Gasteiger partial charge in [0, 0.05) is 12.2 Å². The molecule has 96 valence electrons. The molecule has 0 fully saturated rings.